The number of aryl methyl sites for hydroxylation is 2. The Morgan fingerprint density at radius 1 is 0.950 bits per heavy atom. The van der Waals surface area contributed by atoms with E-state index in [9.17, 15) is 0 Å². The molecule has 0 spiro atoms. The zero-order valence-corrected chi connectivity index (χ0v) is 12.7. The summed E-state index contributed by atoms with van der Waals surface area (Å²) in [6.07, 6.45) is 2.38. The zero-order valence-electron chi connectivity index (χ0n) is 12.0. The van der Waals surface area contributed by atoms with Gasteiger partial charge in [-0.15, -0.1) is 0 Å². The van der Waals surface area contributed by atoms with Gasteiger partial charge in [0.15, 0.2) is 0 Å². The Morgan fingerprint density at radius 2 is 1.60 bits per heavy atom. The van der Waals surface area contributed by atoms with Crippen molar-refractivity contribution in [1.29, 1.82) is 0 Å². The first-order chi connectivity index (χ1) is 9.61. The molecule has 0 bridgehead atoms. The Morgan fingerprint density at radius 3 is 2.25 bits per heavy atom. The monoisotopic (exact) mass is 285 g/mol. The number of nitrogens with one attached hydrogen (secondary N) is 1. The van der Waals surface area contributed by atoms with Crippen LogP contribution in [-0.2, 0) is 0 Å². The van der Waals surface area contributed by atoms with Crippen molar-refractivity contribution in [2.45, 2.75) is 38.6 Å². The normalized spacial score (nSPS) is 21.4. The summed E-state index contributed by atoms with van der Waals surface area (Å²) in [7, 11) is 0. The van der Waals surface area contributed by atoms with Crippen molar-refractivity contribution in [3.05, 3.63) is 64.2 Å². The fourth-order valence-electron chi connectivity index (χ4n) is 2.80. The van der Waals surface area contributed by atoms with Gasteiger partial charge in [-0.3, -0.25) is 0 Å². The van der Waals surface area contributed by atoms with Gasteiger partial charge in [-0.25, -0.2) is 0 Å². The number of benzene rings is 2. The van der Waals surface area contributed by atoms with Crippen molar-refractivity contribution in [3.63, 3.8) is 0 Å². The lowest BCUT2D eigenvalue weighted by atomic mass is 9.75. The van der Waals surface area contributed by atoms with E-state index in [1.54, 1.807) is 0 Å². The summed E-state index contributed by atoms with van der Waals surface area (Å²) in [5, 5.41) is 4.38. The van der Waals surface area contributed by atoms with Crippen LogP contribution >= 0.6 is 11.6 Å². The molecule has 0 radical (unpaired) electrons. The molecule has 3 rings (SSSR count). The standard InChI is InChI=1S/C18H20ClN/c1-12-3-6-14(7-4-12)15-10-16(11-15)20-18-8-5-13(2)9-17(18)19/h3-9,15-16,20H,10-11H2,1-2H3. The molecule has 2 heteroatoms. The van der Waals surface area contributed by atoms with Crippen molar-refractivity contribution < 1.29 is 0 Å². The molecule has 0 aliphatic heterocycles. The Bertz CT molecular complexity index is 597. The fourth-order valence-corrected chi connectivity index (χ4v) is 3.09. The topological polar surface area (TPSA) is 12.0 Å². The molecule has 0 atom stereocenters. The van der Waals surface area contributed by atoms with Crippen molar-refractivity contribution in [2.24, 2.45) is 0 Å². The minimum atomic E-state index is 0.543. The van der Waals surface area contributed by atoms with Gasteiger partial charge >= 0.3 is 0 Å². The van der Waals surface area contributed by atoms with E-state index >= 15 is 0 Å². The predicted molar refractivity (Wildman–Crippen MR) is 86.8 cm³/mol. The van der Waals surface area contributed by atoms with Gasteiger partial charge in [-0.2, -0.15) is 0 Å². The second-order valence-electron chi connectivity index (χ2n) is 5.90. The summed E-state index contributed by atoms with van der Waals surface area (Å²) in [6.45, 7) is 4.20. The number of halogens is 1. The first kappa shape index (κ1) is 13.5. The van der Waals surface area contributed by atoms with Gasteiger partial charge in [-0.1, -0.05) is 47.5 Å². The number of rotatable bonds is 3. The third kappa shape index (κ3) is 2.83. The Balaban J connectivity index is 1.59. The van der Waals surface area contributed by atoms with Gasteiger partial charge in [0.25, 0.3) is 0 Å². The Kier molecular flexibility index (Phi) is 3.71. The minimum Gasteiger partial charge on any atom is -0.381 e. The van der Waals surface area contributed by atoms with Crippen LogP contribution < -0.4 is 5.32 Å². The van der Waals surface area contributed by atoms with Crippen molar-refractivity contribution in [3.8, 4) is 0 Å². The highest BCUT2D eigenvalue weighted by Gasteiger charge is 2.30. The van der Waals surface area contributed by atoms with Crippen LogP contribution in [0.1, 0.15) is 35.4 Å². The van der Waals surface area contributed by atoms with Crippen molar-refractivity contribution >= 4 is 17.3 Å². The van der Waals surface area contributed by atoms with Crippen molar-refractivity contribution in [1.82, 2.24) is 0 Å². The highest BCUT2D eigenvalue weighted by Crippen LogP contribution is 2.39. The first-order valence-corrected chi connectivity index (χ1v) is 7.59. The van der Waals surface area contributed by atoms with Crippen LogP contribution in [0.3, 0.4) is 0 Å². The molecule has 104 valence electrons. The molecule has 0 unspecified atom stereocenters. The molecule has 1 N–H and O–H groups in total. The summed E-state index contributed by atoms with van der Waals surface area (Å²) in [6, 6.07) is 15.7. The van der Waals surface area contributed by atoms with Crippen molar-refractivity contribution in [2.75, 3.05) is 5.32 Å². The van der Waals surface area contributed by atoms with Gasteiger partial charge < -0.3 is 5.32 Å². The van der Waals surface area contributed by atoms with Crippen LogP contribution in [0.25, 0.3) is 0 Å². The van der Waals surface area contributed by atoms with E-state index in [4.69, 9.17) is 11.6 Å². The van der Waals surface area contributed by atoms with Gasteiger partial charge in [0.05, 0.1) is 10.7 Å². The average Bonchev–Trinajstić information content (AvgIpc) is 2.37. The van der Waals surface area contributed by atoms with Crippen LogP contribution in [0.4, 0.5) is 5.69 Å². The second kappa shape index (κ2) is 5.49. The maximum absolute atomic E-state index is 6.26. The van der Waals surface area contributed by atoms with Crippen LogP contribution in [0.5, 0.6) is 0 Å². The van der Waals surface area contributed by atoms with Crippen LogP contribution in [-0.4, -0.2) is 6.04 Å². The van der Waals surface area contributed by atoms with Gasteiger partial charge in [0, 0.05) is 6.04 Å². The molecule has 2 aromatic carbocycles. The third-order valence-electron chi connectivity index (χ3n) is 4.17. The number of hydrogen-bond acceptors (Lipinski definition) is 1. The van der Waals surface area contributed by atoms with E-state index in [1.807, 2.05) is 6.07 Å². The molecule has 1 aliphatic rings. The van der Waals surface area contributed by atoms with E-state index in [1.165, 1.54) is 29.5 Å². The summed E-state index contributed by atoms with van der Waals surface area (Å²) in [4.78, 5) is 0. The van der Waals surface area contributed by atoms with Crippen LogP contribution in [0, 0.1) is 13.8 Å². The molecule has 1 saturated carbocycles. The van der Waals surface area contributed by atoms with Crippen LogP contribution in [0.2, 0.25) is 5.02 Å². The zero-order chi connectivity index (χ0) is 14.1. The maximum atomic E-state index is 6.26. The van der Waals surface area contributed by atoms with Gasteiger partial charge in [0.1, 0.15) is 0 Å². The van der Waals surface area contributed by atoms with Crippen LogP contribution in [0.15, 0.2) is 42.5 Å². The molecule has 1 nitrogen and oxygen atoms in total. The molecule has 1 fully saturated rings. The van der Waals surface area contributed by atoms with E-state index in [2.05, 4.69) is 55.6 Å². The lowest BCUT2D eigenvalue weighted by Gasteiger charge is -2.37. The predicted octanol–water partition coefficient (Wildman–Crippen LogP) is 5.31. The largest absolute Gasteiger partial charge is 0.381 e. The Labute approximate surface area is 126 Å². The fraction of sp³-hybridized carbons (Fsp3) is 0.333. The highest BCUT2D eigenvalue weighted by atomic mass is 35.5. The SMILES string of the molecule is Cc1ccc(C2CC(Nc3ccc(C)cc3Cl)C2)cc1. The smallest absolute Gasteiger partial charge is 0.0640 e. The average molecular weight is 286 g/mol. The quantitative estimate of drug-likeness (QED) is 0.805. The van der Waals surface area contributed by atoms with Gasteiger partial charge in [0.2, 0.25) is 0 Å². The summed E-state index contributed by atoms with van der Waals surface area (Å²) >= 11 is 6.26. The molecule has 1 aliphatic carbocycles. The Hall–Kier alpha value is -1.47. The summed E-state index contributed by atoms with van der Waals surface area (Å²) < 4.78 is 0. The van der Waals surface area contributed by atoms with E-state index < -0.39 is 0 Å². The molecule has 2 aromatic rings. The van der Waals surface area contributed by atoms with E-state index in [-0.39, 0.29) is 0 Å². The maximum Gasteiger partial charge on any atom is 0.0640 e. The van der Waals surface area contributed by atoms with Gasteiger partial charge in [-0.05, 0) is 55.9 Å². The number of hydrogen-bond donors (Lipinski definition) is 1. The van der Waals surface area contributed by atoms with E-state index in [0.29, 0.717) is 12.0 Å². The molecule has 0 aromatic heterocycles. The third-order valence-corrected chi connectivity index (χ3v) is 4.48. The lowest BCUT2D eigenvalue weighted by molar-refractivity contribution is 0.374. The first-order valence-electron chi connectivity index (χ1n) is 7.21. The molecule has 0 heterocycles. The minimum absolute atomic E-state index is 0.543. The second-order valence-corrected chi connectivity index (χ2v) is 6.31. The summed E-state index contributed by atoms with van der Waals surface area (Å²) in [5.41, 5.74) is 5.05. The van der Waals surface area contributed by atoms with E-state index in [0.717, 1.165) is 10.7 Å². The highest BCUT2D eigenvalue weighted by molar-refractivity contribution is 6.33. The molecule has 0 saturated heterocycles. The molecular formula is C18H20ClN. The number of anilines is 1. The molecule has 0 amide bonds. The molecular weight excluding hydrogens is 266 g/mol. The summed E-state index contributed by atoms with van der Waals surface area (Å²) in [5.74, 6) is 0.692. The molecule has 20 heavy (non-hydrogen) atoms. The lowest BCUT2D eigenvalue weighted by Crippen LogP contribution is -2.34.